The predicted molar refractivity (Wildman–Crippen MR) is 73.6 cm³/mol. The van der Waals surface area contributed by atoms with Gasteiger partial charge in [-0.2, -0.15) is 0 Å². The van der Waals surface area contributed by atoms with Crippen LogP contribution in [0.25, 0.3) is 10.9 Å². The second-order valence-electron chi connectivity index (χ2n) is 4.99. The van der Waals surface area contributed by atoms with Crippen LogP contribution in [0.1, 0.15) is 24.1 Å². The molecule has 2 heterocycles. The minimum atomic E-state index is 0.0487. The van der Waals surface area contributed by atoms with Crippen molar-refractivity contribution < 1.29 is 9.63 Å². The lowest BCUT2D eigenvalue weighted by Gasteiger charge is -2.25. The molecule has 3 rings (SSSR count). The summed E-state index contributed by atoms with van der Waals surface area (Å²) in [6, 6.07) is 8.09. The summed E-state index contributed by atoms with van der Waals surface area (Å²) in [6.07, 6.45) is 2.46. The van der Waals surface area contributed by atoms with Crippen LogP contribution >= 0.6 is 0 Å². The molecule has 0 atom stereocenters. The van der Waals surface area contributed by atoms with Crippen molar-refractivity contribution in [3.05, 3.63) is 35.5 Å². The first kappa shape index (κ1) is 12.2. The number of rotatable bonds is 2. The van der Waals surface area contributed by atoms with Gasteiger partial charge in [-0.1, -0.05) is 18.2 Å². The van der Waals surface area contributed by atoms with Gasteiger partial charge in [0.25, 0.3) is 5.91 Å². The Balaban J connectivity index is 1.84. The van der Waals surface area contributed by atoms with Gasteiger partial charge >= 0.3 is 0 Å². The Morgan fingerprint density at radius 3 is 3.00 bits per heavy atom. The van der Waals surface area contributed by atoms with Gasteiger partial charge in [-0.05, 0) is 31.4 Å². The van der Waals surface area contributed by atoms with Gasteiger partial charge < -0.3 is 4.98 Å². The average molecular weight is 258 g/mol. The standard InChI is InChI=1S/C15H18N2O2/c1-11-13(12-6-2-3-7-14(12)16-11)10-15(18)17-8-4-5-9-19-17/h2-3,6-7,16H,4-5,8-10H2,1H3. The van der Waals surface area contributed by atoms with E-state index >= 15 is 0 Å². The molecular weight excluding hydrogens is 240 g/mol. The zero-order chi connectivity index (χ0) is 13.2. The number of carbonyl (C=O) groups is 1. The first-order chi connectivity index (χ1) is 9.25. The highest BCUT2D eigenvalue weighted by molar-refractivity contribution is 5.89. The lowest BCUT2D eigenvalue weighted by Crippen LogP contribution is -2.36. The monoisotopic (exact) mass is 258 g/mol. The number of aryl methyl sites for hydroxylation is 1. The minimum Gasteiger partial charge on any atom is -0.358 e. The number of nitrogens with zero attached hydrogens (tertiary/aromatic N) is 1. The molecule has 1 aliphatic rings. The van der Waals surface area contributed by atoms with E-state index in [2.05, 4.69) is 11.1 Å². The molecule has 0 saturated carbocycles. The van der Waals surface area contributed by atoms with Gasteiger partial charge in [0.1, 0.15) is 0 Å². The van der Waals surface area contributed by atoms with E-state index in [-0.39, 0.29) is 5.91 Å². The van der Waals surface area contributed by atoms with Crippen molar-refractivity contribution in [1.82, 2.24) is 10.0 Å². The molecule has 100 valence electrons. The van der Waals surface area contributed by atoms with E-state index in [4.69, 9.17) is 4.84 Å². The van der Waals surface area contributed by atoms with Crippen molar-refractivity contribution in [1.29, 1.82) is 0 Å². The molecule has 0 bridgehead atoms. The van der Waals surface area contributed by atoms with Gasteiger partial charge in [0, 0.05) is 23.1 Å². The molecule has 1 aromatic heterocycles. The van der Waals surface area contributed by atoms with Crippen LogP contribution in [0.2, 0.25) is 0 Å². The third kappa shape index (κ3) is 2.36. The van der Waals surface area contributed by atoms with Crippen LogP contribution in [-0.4, -0.2) is 29.1 Å². The number of hydrogen-bond acceptors (Lipinski definition) is 2. The summed E-state index contributed by atoms with van der Waals surface area (Å²) >= 11 is 0. The van der Waals surface area contributed by atoms with Gasteiger partial charge in [-0.25, -0.2) is 5.06 Å². The van der Waals surface area contributed by atoms with Crippen molar-refractivity contribution in [3.8, 4) is 0 Å². The van der Waals surface area contributed by atoms with E-state index in [1.54, 1.807) is 0 Å². The van der Waals surface area contributed by atoms with Crippen molar-refractivity contribution in [2.24, 2.45) is 0 Å². The summed E-state index contributed by atoms with van der Waals surface area (Å²) in [5.74, 6) is 0.0487. The number of aromatic nitrogens is 1. The summed E-state index contributed by atoms with van der Waals surface area (Å²) in [6.45, 7) is 3.37. The van der Waals surface area contributed by atoms with Crippen LogP contribution in [0, 0.1) is 6.92 Å². The molecule has 1 amide bonds. The zero-order valence-electron chi connectivity index (χ0n) is 11.1. The first-order valence-corrected chi connectivity index (χ1v) is 6.75. The molecule has 0 aliphatic carbocycles. The van der Waals surface area contributed by atoms with Gasteiger partial charge in [0.05, 0.1) is 13.0 Å². The fourth-order valence-corrected chi connectivity index (χ4v) is 2.60. The van der Waals surface area contributed by atoms with E-state index in [1.165, 1.54) is 5.06 Å². The molecular formula is C15H18N2O2. The Morgan fingerprint density at radius 2 is 2.21 bits per heavy atom. The molecule has 0 spiro atoms. The lowest BCUT2D eigenvalue weighted by atomic mass is 10.1. The number of amides is 1. The van der Waals surface area contributed by atoms with E-state index in [9.17, 15) is 4.79 Å². The first-order valence-electron chi connectivity index (χ1n) is 6.75. The molecule has 1 N–H and O–H groups in total. The minimum absolute atomic E-state index is 0.0487. The number of aromatic amines is 1. The van der Waals surface area contributed by atoms with Crippen LogP contribution in [0.15, 0.2) is 24.3 Å². The number of para-hydroxylation sites is 1. The lowest BCUT2D eigenvalue weighted by molar-refractivity contribution is -0.196. The quantitative estimate of drug-likeness (QED) is 0.899. The summed E-state index contributed by atoms with van der Waals surface area (Å²) in [5, 5.41) is 2.65. The normalized spacial score (nSPS) is 15.9. The molecule has 2 aromatic rings. The van der Waals surface area contributed by atoms with E-state index in [0.29, 0.717) is 19.6 Å². The smallest absolute Gasteiger partial charge is 0.250 e. The second kappa shape index (κ2) is 5.05. The van der Waals surface area contributed by atoms with E-state index in [0.717, 1.165) is 35.0 Å². The summed E-state index contributed by atoms with van der Waals surface area (Å²) in [4.78, 5) is 21.0. The molecule has 0 radical (unpaired) electrons. The number of benzene rings is 1. The molecule has 19 heavy (non-hydrogen) atoms. The Bertz CT molecular complexity index is 597. The van der Waals surface area contributed by atoms with Crippen LogP contribution in [0.5, 0.6) is 0 Å². The molecule has 1 aromatic carbocycles. The van der Waals surface area contributed by atoms with Gasteiger partial charge in [-0.15, -0.1) is 0 Å². The van der Waals surface area contributed by atoms with E-state index in [1.807, 2.05) is 25.1 Å². The Morgan fingerprint density at radius 1 is 1.37 bits per heavy atom. The fourth-order valence-electron chi connectivity index (χ4n) is 2.60. The molecule has 0 unspecified atom stereocenters. The van der Waals surface area contributed by atoms with Gasteiger partial charge in [0.15, 0.2) is 0 Å². The maximum atomic E-state index is 12.2. The molecule has 4 heteroatoms. The second-order valence-corrected chi connectivity index (χ2v) is 4.99. The number of fused-ring (bicyclic) bond motifs is 1. The van der Waals surface area contributed by atoms with Crippen LogP contribution in [-0.2, 0) is 16.1 Å². The van der Waals surface area contributed by atoms with Crippen molar-refractivity contribution >= 4 is 16.8 Å². The maximum absolute atomic E-state index is 12.2. The Labute approximate surface area is 112 Å². The number of hydrogen-bond donors (Lipinski definition) is 1. The summed E-state index contributed by atoms with van der Waals surface area (Å²) in [7, 11) is 0. The van der Waals surface area contributed by atoms with Crippen molar-refractivity contribution in [3.63, 3.8) is 0 Å². The Kier molecular flexibility index (Phi) is 3.25. The van der Waals surface area contributed by atoms with Gasteiger partial charge in [-0.3, -0.25) is 9.63 Å². The Hall–Kier alpha value is -1.81. The van der Waals surface area contributed by atoms with Crippen LogP contribution in [0.3, 0.4) is 0 Å². The van der Waals surface area contributed by atoms with E-state index < -0.39 is 0 Å². The van der Waals surface area contributed by atoms with Gasteiger partial charge in [0.2, 0.25) is 0 Å². The maximum Gasteiger partial charge on any atom is 0.250 e. The predicted octanol–water partition coefficient (Wildman–Crippen LogP) is 2.57. The fraction of sp³-hybridized carbons (Fsp3) is 0.400. The highest BCUT2D eigenvalue weighted by Gasteiger charge is 2.20. The van der Waals surface area contributed by atoms with Crippen molar-refractivity contribution in [2.45, 2.75) is 26.2 Å². The third-order valence-electron chi connectivity index (χ3n) is 3.64. The largest absolute Gasteiger partial charge is 0.358 e. The summed E-state index contributed by atoms with van der Waals surface area (Å²) in [5.41, 5.74) is 3.23. The average Bonchev–Trinajstić information content (AvgIpc) is 2.76. The highest BCUT2D eigenvalue weighted by atomic mass is 16.7. The number of nitrogens with one attached hydrogen (secondary N) is 1. The highest BCUT2D eigenvalue weighted by Crippen LogP contribution is 2.23. The molecule has 1 saturated heterocycles. The van der Waals surface area contributed by atoms with Crippen LogP contribution in [0.4, 0.5) is 0 Å². The number of hydroxylamine groups is 2. The molecule has 1 aliphatic heterocycles. The number of carbonyl (C=O) groups excluding carboxylic acids is 1. The van der Waals surface area contributed by atoms with Crippen molar-refractivity contribution in [2.75, 3.05) is 13.2 Å². The zero-order valence-corrected chi connectivity index (χ0v) is 11.1. The SMILES string of the molecule is Cc1[nH]c2ccccc2c1CC(=O)N1CCCCO1. The molecule has 4 nitrogen and oxygen atoms in total. The topological polar surface area (TPSA) is 45.3 Å². The summed E-state index contributed by atoms with van der Waals surface area (Å²) < 4.78 is 0. The van der Waals surface area contributed by atoms with Crippen LogP contribution < -0.4 is 0 Å². The molecule has 1 fully saturated rings. The number of H-pyrrole nitrogens is 1. The third-order valence-corrected chi connectivity index (χ3v) is 3.64.